The molecule has 1 aromatic rings. The highest BCUT2D eigenvalue weighted by atomic mass is 16.5. The van der Waals surface area contributed by atoms with Gasteiger partial charge in [-0.3, -0.25) is 14.6 Å². The summed E-state index contributed by atoms with van der Waals surface area (Å²) in [5, 5.41) is 0. The first-order valence-corrected chi connectivity index (χ1v) is 12.7. The summed E-state index contributed by atoms with van der Waals surface area (Å²) in [7, 11) is 0. The van der Waals surface area contributed by atoms with E-state index in [4.69, 9.17) is 9.47 Å². The molecule has 32 heavy (non-hydrogen) atoms. The normalized spacial score (nSPS) is 21.8. The number of piperidine rings is 1. The van der Waals surface area contributed by atoms with E-state index in [1.54, 1.807) is 0 Å². The summed E-state index contributed by atoms with van der Waals surface area (Å²) in [6.07, 6.45) is 6.05. The minimum absolute atomic E-state index is 0.320. The number of hydrogen-bond donors (Lipinski definition) is 0. The second-order valence-corrected chi connectivity index (χ2v) is 9.60. The maximum Gasteiger partial charge on any atom is 0.222 e. The number of benzene rings is 1. The van der Waals surface area contributed by atoms with Gasteiger partial charge in [-0.2, -0.15) is 0 Å². The van der Waals surface area contributed by atoms with Gasteiger partial charge in [-0.25, -0.2) is 0 Å². The van der Waals surface area contributed by atoms with Crippen molar-refractivity contribution in [2.75, 3.05) is 72.2 Å². The van der Waals surface area contributed by atoms with Gasteiger partial charge in [-0.05, 0) is 43.6 Å². The molecule has 3 fully saturated rings. The fraction of sp³-hybridized carbons (Fsp3) is 0.731. The van der Waals surface area contributed by atoms with Gasteiger partial charge in [0, 0.05) is 71.5 Å². The van der Waals surface area contributed by atoms with E-state index in [1.807, 2.05) is 6.07 Å². The lowest BCUT2D eigenvalue weighted by atomic mass is 9.94. The number of nitrogens with zero attached hydrogens (tertiary/aromatic N) is 3. The maximum absolute atomic E-state index is 12.7. The molecule has 178 valence electrons. The Morgan fingerprint density at radius 3 is 2.31 bits per heavy atom. The van der Waals surface area contributed by atoms with Crippen LogP contribution in [0.2, 0.25) is 0 Å². The van der Waals surface area contributed by atoms with Crippen molar-refractivity contribution in [2.24, 2.45) is 5.92 Å². The first-order chi connectivity index (χ1) is 15.8. The van der Waals surface area contributed by atoms with Crippen LogP contribution < -0.4 is 0 Å². The Hall–Kier alpha value is -1.47. The maximum atomic E-state index is 12.7. The highest BCUT2D eigenvalue weighted by Gasteiger charge is 2.28. The van der Waals surface area contributed by atoms with Gasteiger partial charge in [0.2, 0.25) is 5.91 Å². The molecule has 0 aliphatic carbocycles. The van der Waals surface area contributed by atoms with E-state index in [0.717, 1.165) is 97.8 Å². The van der Waals surface area contributed by atoms with Crippen LogP contribution >= 0.6 is 0 Å². The number of aryl methyl sites for hydroxylation is 1. The second kappa shape index (κ2) is 12.7. The molecular weight excluding hydrogens is 402 g/mol. The van der Waals surface area contributed by atoms with Crippen molar-refractivity contribution in [1.29, 1.82) is 0 Å². The van der Waals surface area contributed by atoms with E-state index in [0.29, 0.717) is 24.3 Å². The third-order valence-corrected chi connectivity index (χ3v) is 7.44. The summed E-state index contributed by atoms with van der Waals surface area (Å²) in [6.45, 7) is 10.9. The molecule has 3 aliphatic heterocycles. The largest absolute Gasteiger partial charge is 0.381 e. The Morgan fingerprint density at radius 2 is 1.59 bits per heavy atom. The Balaban J connectivity index is 1.22. The van der Waals surface area contributed by atoms with Crippen LogP contribution in [0.15, 0.2) is 30.3 Å². The summed E-state index contributed by atoms with van der Waals surface area (Å²) < 4.78 is 11.1. The van der Waals surface area contributed by atoms with E-state index in [-0.39, 0.29) is 0 Å². The van der Waals surface area contributed by atoms with Crippen molar-refractivity contribution in [3.05, 3.63) is 35.9 Å². The molecule has 0 unspecified atom stereocenters. The number of likely N-dealkylation sites (tertiary alicyclic amines) is 1. The smallest absolute Gasteiger partial charge is 0.222 e. The average molecular weight is 444 g/mol. The van der Waals surface area contributed by atoms with Gasteiger partial charge in [0.05, 0.1) is 13.2 Å². The van der Waals surface area contributed by atoms with Crippen molar-refractivity contribution in [3.8, 4) is 0 Å². The zero-order valence-electron chi connectivity index (χ0n) is 19.6. The summed E-state index contributed by atoms with van der Waals surface area (Å²) in [6, 6.07) is 11.0. The van der Waals surface area contributed by atoms with Crippen LogP contribution in [0, 0.1) is 5.92 Å². The third kappa shape index (κ3) is 7.27. The number of morpholine rings is 1. The minimum Gasteiger partial charge on any atom is -0.381 e. The predicted octanol–water partition coefficient (Wildman–Crippen LogP) is 2.67. The highest BCUT2D eigenvalue weighted by molar-refractivity contribution is 5.76. The lowest BCUT2D eigenvalue weighted by Gasteiger charge is -2.40. The summed E-state index contributed by atoms with van der Waals surface area (Å²) in [4.78, 5) is 20.1. The van der Waals surface area contributed by atoms with Gasteiger partial charge in [-0.1, -0.05) is 30.3 Å². The van der Waals surface area contributed by atoms with Crippen LogP contribution in [0.3, 0.4) is 0 Å². The zero-order chi connectivity index (χ0) is 22.0. The molecule has 3 aliphatic rings. The quantitative estimate of drug-likeness (QED) is 0.587. The van der Waals surface area contributed by atoms with E-state index in [2.05, 4.69) is 39.0 Å². The van der Waals surface area contributed by atoms with E-state index in [1.165, 1.54) is 12.1 Å². The Bertz CT molecular complexity index is 666. The molecule has 3 saturated heterocycles. The fourth-order valence-electron chi connectivity index (χ4n) is 5.32. The number of carbonyl (C=O) groups excluding carboxylic acids is 1. The van der Waals surface area contributed by atoms with Crippen LogP contribution in [-0.4, -0.2) is 98.9 Å². The average Bonchev–Trinajstić information content (AvgIpc) is 2.87. The molecular formula is C26H41N3O3. The van der Waals surface area contributed by atoms with Crippen molar-refractivity contribution in [2.45, 2.75) is 44.6 Å². The highest BCUT2D eigenvalue weighted by Crippen LogP contribution is 2.23. The molecule has 0 aromatic heterocycles. The second-order valence-electron chi connectivity index (χ2n) is 9.60. The van der Waals surface area contributed by atoms with Gasteiger partial charge >= 0.3 is 0 Å². The number of ether oxygens (including phenoxy) is 2. The molecule has 6 nitrogen and oxygen atoms in total. The number of amides is 1. The van der Waals surface area contributed by atoms with Crippen molar-refractivity contribution < 1.29 is 14.3 Å². The molecule has 0 radical (unpaired) electrons. The van der Waals surface area contributed by atoms with Crippen LogP contribution in [-0.2, 0) is 20.7 Å². The van der Waals surface area contributed by atoms with Gasteiger partial charge < -0.3 is 14.4 Å². The molecule has 3 heterocycles. The molecule has 0 bridgehead atoms. The van der Waals surface area contributed by atoms with Crippen LogP contribution in [0.1, 0.15) is 37.7 Å². The van der Waals surface area contributed by atoms with Gasteiger partial charge in [0.15, 0.2) is 0 Å². The Labute approximate surface area is 193 Å². The third-order valence-electron chi connectivity index (χ3n) is 7.44. The summed E-state index contributed by atoms with van der Waals surface area (Å²) in [5.41, 5.74) is 1.25. The number of hydrogen-bond acceptors (Lipinski definition) is 5. The Morgan fingerprint density at radius 1 is 0.906 bits per heavy atom. The lowest BCUT2D eigenvalue weighted by Crippen LogP contribution is -2.49. The van der Waals surface area contributed by atoms with E-state index in [9.17, 15) is 4.79 Å². The standard InChI is InChI=1S/C26H41N3O3/c30-26(7-6-23-4-2-1-3-5-23)28-12-8-24(9-13-28)22-29(25-10-18-31-19-11-25)15-14-27-16-20-32-21-17-27/h1-5,24-25H,6-22H2. The monoisotopic (exact) mass is 443 g/mol. The summed E-state index contributed by atoms with van der Waals surface area (Å²) in [5.74, 6) is 1.02. The first kappa shape index (κ1) is 23.7. The van der Waals surface area contributed by atoms with Gasteiger partial charge in [-0.15, -0.1) is 0 Å². The zero-order valence-corrected chi connectivity index (χ0v) is 19.6. The molecule has 0 N–H and O–H groups in total. The molecule has 0 spiro atoms. The van der Waals surface area contributed by atoms with Crippen LogP contribution in [0.4, 0.5) is 0 Å². The van der Waals surface area contributed by atoms with Gasteiger partial charge in [0.25, 0.3) is 0 Å². The van der Waals surface area contributed by atoms with E-state index >= 15 is 0 Å². The SMILES string of the molecule is O=C(CCc1ccccc1)N1CCC(CN(CCN2CCOCC2)C2CCOCC2)CC1. The van der Waals surface area contributed by atoms with Crippen LogP contribution in [0.5, 0.6) is 0 Å². The van der Waals surface area contributed by atoms with Gasteiger partial charge in [0.1, 0.15) is 0 Å². The lowest BCUT2D eigenvalue weighted by molar-refractivity contribution is -0.132. The molecule has 1 amide bonds. The Kier molecular flexibility index (Phi) is 9.39. The summed E-state index contributed by atoms with van der Waals surface area (Å²) >= 11 is 0. The van der Waals surface area contributed by atoms with Crippen molar-refractivity contribution >= 4 is 5.91 Å². The fourth-order valence-corrected chi connectivity index (χ4v) is 5.32. The van der Waals surface area contributed by atoms with Crippen molar-refractivity contribution in [3.63, 3.8) is 0 Å². The van der Waals surface area contributed by atoms with Crippen LogP contribution in [0.25, 0.3) is 0 Å². The minimum atomic E-state index is 0.320. The molecule has 0 atom stereocenters. The predicted molar refractivity (Wildman–Crippen MR) is 127 cm³/mol. The molecule has 6 heteroatoms. The van der Waals surface area contributed by atoms with E-state index < -0.39 is 0 Å². The molecule has 4 rings (SSSR count). The van der Waals surface area contributed by atoms with Crippen molar-refractivity contribution in [1.82, 2.24) is 14.7 Å². The topological polar surface area (TPSA) is 45.3 Å². The number of carbonyl (C=O) groups is 1. The number of rotatable bonds is 9. The molecule has 0 saturated carbocycles. The first-order valence-electron chi connectivity index (χ1n) is 12.7. The molecule has 1 aromatic carbocycles.